The molecule has 4 amide bonds. The lowest BCUT2D eigenvalue weighted by molar-refractivity contribution is -0.123. The molecule has 1 heterocycles. The number of halogens is 1. The first kappa shape index (κ1) is 21.8. The quantitative estimate of drug-likeness (QED) is 0.426. The Labute approximate surface area is 189 Å². The van der Waals surface area contributed by atoms with Crippen LogP contribution in [0.5, 0.6) is 5.75 Å². The van der Waals surface area contributed by atoms with Crippen LogP contribution in [0.3, 0.4) is 0 Å². The molecule has 3 aromatic rings. The topological polar surface area (TPSA) is 87.7 Å². The van der Waals surface area contributed by atoms with Crippen molar-refractivity contribution in [2.75, 3.05) is 11.9 Å². The zero-order valence-corrected chi connectivity index (χ0v) is 17.5. The number of amides is 4. The summed E-state index contributed by atoms with van der Waals surface area (Å²) in [7, 11) is 0. The second kappa shape index (κ2) is 9.78. The van der Waals surface area contributed by atoms with Gasteiger partial charge in [0.2, 0.25) is 0 Å². The van der Waals surface area contributed by atoms with Gasteiger partial charge in [0.05, 0.1) is 6.54 Å². The van der Waals surface area contributed by atoms with Crippen molar-refractivity contribution in [3.05, 3.63) is 102 Å². The summed E-state index contributed by atoms with van der Waals surface area (Å²) < 4.78 is 18.4. The molecule has 0 saturated carbocycles. The first-order chi connectivity index (χ1) is 16.0. The van der Waals surface area contributed by atoms with Gasteiger partial charge in [-0.05, 0) is 53.6 Å². The van der Waals surface area contributed by atoms with Gasteiger partial charge in [0, 0.05) is 5.69 Å². The number of imide groups is 1. The highest BCUT2D eigenvalue weighted by molar-refractivity contribution is 6.13. The molecule has 3 aromatic carbocycles. The Hall–Kier alpha value is -4.46. The summed E-state index contributed by atoms with van der Waals surface area (Å²) in [4.78, 5) is 38.0. The van der Waals surface area contributed by atoms with Gasteiger partial charge in [-0.3, -0.25) is 14.5 Å². The molecule has 0 spiro atoms. The fourth-order valence-electron chi connectivity index (χ4n) is 3.19. The lowest BCUT2D eigenvalue weighted by Crippen LogP contribution is -2.30. The third-order valence-corrected chi connectivity index (χ3v) is 4.83. The minimum atomic E-state index is -0.470. The molecule has 4 rings (SSSR count). The summed E-state index contributed by atoms with van der Waals surface area (Å²) in [6.07, 6.45) is 1.58. The number of hydrogen-bond donors (Lipinski definition) is 2. The second-order valence-corrected chi connectivity index (χ2v) is 7.28. The summed E-state index contributed by atoms with van der Waals surface area (Å²) >= 11 is 0. The van der Waals surface area contributed by atoms with Crippen molar-refractivity contribution in [1.82, 2.24) is 10.2 Å². The lowest BCUT2D eigenvalue weighted by Gasteiger charge is -2.11. The summed E-state index contributed by atoms with van der Waals surface area (Å²) in [5.74, 6) is -0.715. The average Bonchev–Trinajstić information content (AvgIpc) is 3.08. The van der Waals surface area contributed by atoms with E-state index in [9.17, 15) is 18.8 Å². The van der Waals surface area contributed by atoms with Crippen molar-refractivity contribution in [3.8, 4) is 5.75 Å². The third-order valence-electron chi connectivity index (χ3n) is 4.83. The number of urea groups is 1. The van der Waals surface area contributed by atoms with E-state index < -0.39 is 11.9 Å². The SMILES string of the molecule is O=C(COc1ccc(/C=C2/NC(=O)N(Cc3ccccc3)C2=O)cc1)Nc1ccc(F)cc1. The number of ether oxygens (including phenoxy) is 1. The van der Waals surface area contributed by atoms with Crippen molar-refractivity contribution in [2.24, 2.45) is 0 Å². The van der Waals surface area contributed by atoms with E-state index in [0.29, 0.717) is 17.0 Å². The van der Waals surface area contributed by atoms with Gasteiger partial charge in [-0.25, -0.2) is 9.18 Å². The molecule has 1 saturated heterocycles. The lowest BCUT2D eigenvalue weighted by atomic mass is 10.1. The molecule has 1 aliphatic heterocycles. The Morgan fingerprint density at radius 2 is 1.67 bits per heavy atom. The molecule has 0 aliphatic carbocycles. The van der Waals surface area contributed by atoms with E-state index >= 15 is 0 Å². The number of anilines is 1. The molecule has 7 nitrogen and oxygen atoms in total. The number of nitrogens with zero attached hydrogens (tertiary/aromatic N) is 1. The number of benzene rings is 3. The number of rotatable bonds is 7. The number of hydrogen-bond acceptors (Lipinski definition) is 4. The van der Waals surface area contributed by atoms with Crippen molar-refractivity contribution in [1.29, 1.82) is 0 Å². The molecule has 0 bridgehead atoms. The van der Waals surface area contributed by atoms with E-state index in [2.05, 4.69) is 10.6 Å². The van der Waals surface area contributed by atoms with Crippen LogP contribution in [0.4, 0.5) is 14.9 Å². The van der Waals surface area contributed by atoms with Gasteiger partial charge in [-0.1, -0.05) is 42.5 Å². The van der Waals surface area contributed by atoms with Crippen LogP contribution < -0.4 is 15.4 Å². The third kappa shape index (κ3) is 5.62. The van der Waals surface area contributed by atoms with Gasteiger partial charge >= 0.3 is 6.03 Å². The molecule has 0 unspecified atom stereocenters. The van der Waals surface area contributed by atoms with Gasteiger partial charge in [0.25, 0.3) is 11.8 Å². The van der Waals surface area contributed by atoms with Crippen LogP contribution in [0.15, 0.2) is 84.6 Å². The van der Waals surface area contributed by atoms with E-state index in [0.717, 1.165) is 10.5 Å². The largest absolute Gasteiger partial charge is 0.484 e. The van der Waals surface area contributed by atoms with E-state index in [-0.39, 0.29) is 30.6 Å². The molecule has 0 atom stereocenters. The first-order valence-electron chi connectivity index (χ1n) is 10.1. The summed E-state index contributed by atoms with van der Waals surface area (Å²) in [5, 5.41) is 5.20. The van der Waals surface area contributed by atoms with Crippen LogP contribution in [-0.4, -0.2) is 29.4 Å². The highest BCUT2D eigenvalue weighted by Crippen LogP contribution is 2.19. The average molecular weight is 445 g/mol. The van der Waals surface area contributed by atoms with Crippen LogP contribution in [0.2, 0.25) is 0 Å². The van der Waals surface area contributed by atoms with Crippen molar-refractivity contribution in [3.63, 3.8) is 0 Å². The number of nitrogens with one attached hydrogen (secondary N) is 2. The van der Waals surface area contributed by atoms with E-state index in [1.807, 2.05) is 30.3 Å². The highest BCUT2D eigenvalue weighted by atomic mass is 19.1. The van der Waals surface area contributed by atoms with Gasteiger partial charge < -0.3 is 15.4 Å². The maximum Gasteiger partial charge on any atom is 0.329 e. The van der Waals surface area contributed by atoms with Crippen LogP contribution in [-0.2, 0) is 16.1 Å². The zero-order valence-electron chi connectivity index (χ0n) is 17.5. The maximum atomic E-state index is 12.9. The van der Waals surface area contributed by atoms with E-state index in [1.54, 1.807) is 30.3 Å². The standard InChI is InChI=1S/C25H20FN3O4/c26-19-8-10-20(11-9-19)27-23(30)16-33-21-12-6-17(7-13-21)14-22-24(31)29(25(32)28-22)15-18-4-2-1-3-5-18/h1-14H,15-16H2,(H,27,30)(H,28,32)/b22-14+. The van der Waals surface area contributed by atoms with Crippen LogP contribution >= 0.6 is 0 Å². The molecular formula is C25H20FN3O4. The Kier molecular flexibility index (Phi) is 6.45. The Morgan fingerprint density at radius 3 is 2.36 bits per heavy atom. The molecule has 8 heteroatoms. The minimum absolute atomic E-state index is 0.184. The normalized spacial score (nSPS) is 14.3. The summed E-state index contributed by atoms with van der Waals surface area (Å²) in [6.45, 7) is -0.0313. The van der Waals surface area contributed by atoms with Crippen molar-refractivity contribution in [2.45, 2.75) is 6.54 Å². The molecule has 33 heavy (non-hydrogen) atoms. The predicted octanol–water partition coefficient (Wildman–Crippen LogP) is 3.94. The second-order valence-electron chi connectivity index (χ2n) is 7.28. The Bertz CT molecular complexity index is 1190. The zero-order chi connectivity index (χ0) is 23.2. The molecule has 0 radical (unpaired) electrons. The molecule has 1 aliphatic rings. The van der Waals surface area contributed by atoms with E-state index in [4.69, 9.17) is 4.74 Å². The molecule has 1 fully saturated rings. The van der Waals surface area contributed by atoms with Gasteiger partial charge in [-0.15, -0.1) is 0 Å². The summed E-state index contributed by atoms with van der Waals surface area (Å²) in [6, 6.07) is 20.9. The smallest absolute Gasteiger partial charge is 0.329 e. The van der Waals surface area contributed by atoms with Gasteiger partial charge in [-0.2, -0.15) is 0 Å². The van der Waals surface area contributed by atoms with Crippen molar-refractivity contribution < 1.29 is 23.5 Å². The molecule has 2 N–H and O–H groups in total. The Morgan fingerprint density at radius 1 is 0.970 bits per heavy atom. The predicted molar refractivity (Wildman–Crippen MR) is 120 cm³/mol. The van der Waals surface area contributed by atoms with E-state index in [1.165, 1.54) is 24.3 Å². The monoisotopic (exact) mass is 445 g/mol. The van der Waals surface area contributed by atoms with Crippen LogP contribution in [0, 0.1) is 5.82 Å². The van der Waals surface area contributed by atoms with Crippen molar-refractivity contribution >= 4 is 29.6 Å². The van der Waals surface area contributed by atoms with Gasteiger partial charge in [0.15, 0.2) is 6.61 Å². The maximum absolute atomic E-state index is 12.9. The summed E-state index contributed by atoms with van der Waals surface area (Å²) in [5.41, 5.74) is 2.19. The fourth-order valence-corrected chi connectivity index (χ4v) is 3.19. The number of carbonyl (C=O) groups excluding carboxylic acids is 3. The molecule has 0 aromatic heterocycles. The Balaban J connectivity index is 1.33. The number of carbonyl (C=O) groups is 3. The molecule has 166 valence electrons. The van der Waals surface area contributed by atoms with Crippen LogP contribution in [0.1, 0.15) is 11.1 Å². The minimum Gasteiger partial charge on any atom is -0.484 e. The van der Waals surface area contributed by atoms with Crippen LogP contribution in [0.25, 0.3) is 6.08 Å². The highest BCUT2D eigenvalue weighted by Gasteiger charge is 2.33. The van der Waals surface area contributed by atoms with Gasteiger partial charge in [0.1, 0.15) is 17.3 Å². The molecular weight excluding hydrogens is 425 g/mol. The first-order valence-corrected chi connectivity index (χ1v) is 10.1. The fraction of sp³-hybridized carbons (Fsp3) is 0.0800.